The molecule has 1 saturated heterocycles. The largest absolute Gasteiger partial charge is 0.341 e. The number of piperidine rings is 1. The molecule has 0 saturated carbocycles. The van der Waals surface area contributed by atoms with Crippen LogP contribution in [0.15, 0.2) is 71.5 Å². The van der Waals surface area contributed by atoms with E-state index in [2.05, 4.69) is 21.0 Å². The van der Waals surface area contributed by atoms with Gasteiger partial charge in [0.15, 0.2) is 0 Å². The maximum Gasteiger partial charge on any atom is 0.253 e. The number of carbonyl (C=O) groups is 2. The molecule has 6 nitrogen and oxygen atoms in total. The van der Waals surface area contributed by atoms with Crippen molar-refractivity contribution in [2.45, 2.75) is 19.4 Å². The van der Waals surface area contributed by atoms with Gasteiger partial charge < -0.3 is 9.80 Å². The van der Waals surface area contributed by atoms with Crippen molar-refractivity contribution in [2.24, 2.45) is 5.92 Å². The molecule has 1 aliphatic heterocycles. The second-order valence-electron chi connectivity index (χ2n) is 7.90. The van der Waals surface area contributed by atoms with E-state index in [0.29, 0.717) is 38.0 Å². The van der Waals surface area contributed by atoms with Crippen LogP contribution in [0.3, 0.4) is 0 Å². The molecule has 31 heavy (non-hydrogen) atoms. The molecule has 1 aliphatic rings. The van der Waals surface area contributed by atoms with Gasteiger partial charge in [0.1, 0.15) is 0 Å². The lowest BCUT2D eigenvalue weighted by molar-refractivity contribution is -0.136. The highest BCUT2D eigenvalue weighted by Gasteiger charge is 2.29. The monoisotopic (exact) mass is 480 g/mol. The van der Waals surface area contributed by atoms with E-state index < -0.39 is 0 Å². The van der Waals surface area contributed by atoms with Crippen LogP contribution < -0.4 is 0 Å². The fourth-order valence-corrected chi connectivity index (χ4v) is 4.20. The number of carbonyl (C=O) groups excluding carboxylic acids is 2. The van der Waals surface area contributed by atoms with Crippen molar-refractivity contribution in [1.82, 2.24) is 19.6 Å². The van der Waals surface area contributed by atoms with E-state index in [4.69, 9.17) is 0 Å². The van der Waals surface area contributed by atoms with E-state index in [1.807, 2.05) is 77.4 Å². The van der Waals surface area contributed by atoms with E-state index in [-0.39, 0.29) is 17.7 Å². The average molecular weight is 481 g/mol. The normalized spacial score (nSPS) is 14.5. The molecular formula is C24H25BrN4O2. The molecule has 0 radical (unpaired) electrons. The standard InChI is InChI=1S/C24H25BrN4O2/c1-27(16-18-15-26-29(17-18)22-5-3-2-4-6-22)23(30)20-11-13-28(14-12-20)24(31)19-7-9-21(25)10-8-19/h2-10,15,17,20H,11-14,16H2,1H3. The molecule has 2 aromatic carbocycles. The van der Waals surface area contributed by atoms with E-state index in [0.717, 1.165) is 15.7 Å². The second kappa shape index (κ2) is 9.47. The summed E-state index contributed by atoms with van der Waals surface area (Å²) in [7, 11) is 1.83. The smallest absolute Gasteiger partial charge is 0.253 e. The molecule has 0 spiro atoms. The van der Waals surface area contributed by atoms with Gasteiger partial charge in [-0.3, -0.25) is 9.59 Å². The van der Waals surface area contributed by atoms with E-state index in [1.165, 1.54) is 0 Å². The number of halogens is 1. The lowest BCUT2D eigenvalue weighted by Gasteiger charge is -2.33. The topological polar surface area (TPSA) is 58.4 Å². The summed E-state index contributed by atoms with van der Waals surface area (Å²) < 4.78 is 2.77. The number of likely N-dealkylation sites (tertiary alicyclic amines) is 1. The van der Waals surface area contributed by atoms with Crippen LogP contribution in [-0.2, 0) is 11.3 Å². The van der Waals surface area contributed by atoms with Crippen molar-refractivity contribution in [3.8, 4) is 5.69 Å². The molecule has 0 bridgehead atoms. The van der Waals surface area contributed by atoms with Crippen molar-refractivity contribution in [3.05, 3.63) is 82.6 Å². The van der Waals surface area contributed by atoms with Gasteiger partial charge in [0, 0.05) is 54.4 Å². The molecule has 160 valence electrons. The number of hydrogen-bond acceptors (Lipinski definition) is 3. The Balaban J connectivity index is 1.31. The molecule has 2 amide bonds. The third-order valence-corrected chi connectivity index (χ3v) is 6.20. The first kappa shape index (κ1) is 21.3. The van der Waals surface area contributed by atoms with Crippen LogP contribution >= 0.6 is 15.9 Å². The van der Waals surface area contributed by atoms with Crippen molar-refractivity contribution >= 4 is 27.7 Å². The highest BCUT2D eigenvalue weighted by molar-refractivity contribution is 9.10. The molecule has 0 N–H and O–H groups in total. The zero-order valence-electron chi connectivity index (χ0n) is 17.4. The van der Waals surface area contributed by atoms with Gasteiger partial charge in [-0.05, 0) is 49.2 Å². The Morgan fingerprint density at radius 3 is 2.42 bits per heavy atom. The van der Waals surface area contributed by atoms with Crippen LogP contribution in [0.1, 0.15) is 28.8 Å². The minimum Gasteiger partial charge on any atom is -0.341 e. The van der Waals surface area contributed by atoms with E-state index >= 15 is 0 Å². The van der Waals surface area contributed by atoms with Crippen LogP contribution in [0, 0.1) is 5.92 Å². The molecule has 2 heterocycles. The number of aromatic nitrogens is 2. The third-order valence-electron chi connectivity index (χ3n) is 5.68. The molecule has 3 aromatic rings. The Morgan fingerprint density at radius 1 is 1.06 bits per heavy atom. The number of benzene rings is 2. The molecule has 7 heteroatoms. The molecule has 4 rings (SSSR count). The third kappa shape index (κ3) is 5.05. The molecule has 1 fully saturated rings. The van der Waals surface area contributed by atoms with Gasteiger partial charge in [-0.25, -0.2) is 4.68 Å². The van der Waals surface area contributed by atoms with Gasteiger partial charge in [0.2, 0.25) is 5.91 Å². The van der Waals surface area contributed by atoms with E-state index in [9.17, 15) is 9.59 Å². The zero-order chi connectivity index (χ0) is 21.8. The second-order valence-corrected chi connectivity index (χ2v) is 8.81. The van der Waals surface area contributed by atoms with Crippen molar-refractivity contribution in [2.75, 3.05) is 20.1 Å². The van der Waals surface area contributed by atoms with Gasteiger partial charge in [0.25, 0.3) is 5.91 Å². The minimum atomic E-state index is -0.0527. The predicted molar refractivity (Wildman–Crippen MR) is 123 cm³/mol. The number of para-hydroxylation sites is 1. The average Bonchev–Trinajstić information content (AvgIpc) is 3.28. The summed E-state index contributed by atoms with van der Waals surface area (Å²) >= 11 is 3.39. The molecule has 1 aromatic heterocycles. The maximum absolute atomic E-state index is 13.0. The molecule has 0 aliphatic carbocycles. The first-order valence-corrected chi connectivity index (χ1v) is 11.2. The molecule has 0 atom stereocenters. The summed E-state index contributed by atoms with van der Waals surface area (Å²) in [6.45, 7) is 1.72. The number of rotatable bonds is 5. The predicted octanol–water partition coefficient (Wildman–Crippen LogP) is 4.15. The lowest BCUT2D eigenvalue weighted by atomic mass is 9.94. The SMILES string of the molecule is CN(Cc1cnn(-c2ccccc2)c1)C(=O)C1CCN(C(=O)c2ccc(Br)cc2)CC1. The highest BCUT2D eigenvalue weighted by atomic mass is 79.9. The Labute approximate surface area is 190 Å². The van der Waals surface area contributed by atoms with Crippen LogP contribution in [0.2, 0.25) is 0 Å². The van der Waals surface area contributed by atoms with Crippen molar-refractivity contribution < 1.29 is 9.59 Å². The first-order chi connectivity index (χ1) is 15.0. The number of nitrogens with zero attached hydrogens (tertiary/aromatic N) is 4. The molecular weight excluding hydrogens is 456 g/mol. The fraction of sp³-hybridized carbons (Fsp3) is 0.292. The summed E-state index contributed by atoms with van der Waals surface area (Å²) in [5.41, 5.74) is 2.66. The first-order valence-electron chi connectivity index (χ1n) is 10.4. The summed E-state index contributed by atoms with van der Waals surface area (Å²) in [5.74, 6) is 0.103. The van der Waals surface area contributed by atoms with Crippen LogP contribution in [0.25, 0.3) is 5.69 Å². The fourth-order valence-electron chi connectivity index (χ4n) is 3.93. The summed E-state index contributed by atoms with van der Waals surface area (Å²) in [5, 5.41) is 4.41. The van der Waals surface area contributed by atoms with Gasteiger partial charge in [0.05, 0.1) is 11.9 Å². The van der Waals surface area contributed by atoms with Gasteiger partial charge in [-0.15, -0.1) is 0 Å². The summed E-state index contributed by atoms with van der Waals surface area (Å²) in [4.78, 5) is 29.3. The Bertz CT molecular complexity index is 1040. The summed E-state index contributed by atoms with van der Waals surface area (Å²) in [6.07, 6.45) is 5.14. The van der Waals surface area contributed by atoms with Crippen molar-refractivity contribution in [1.29, 1.82) is 0 Å². The zero-order valence-corrected chi connectivity index (χ0v) is 19.0. The molecule has 0 unspecified atom stereocenters. The van der Waals surface area contributed by atoms with Crippen LogP contribution in [0.5, 0.6) is 0 Å². The Hall–Kier alpha value is -2.93. The van der Waals surface area contributed by atoms with Gasteiger partial charge in [-0.2, -0.15) is 5.10 Å². The van der Waals surface area contributed by atoms with Gasteiger partial charge >= 0.3 is 0 Å². The Morgan fingerprint density at radius 2 is 1.74 bits per heavy atom. The van der Waals surface area contributed by atoms with Crippen molar-refractivity contribution in [3.63, 3.8) is 0 Å². The van der Waals surface area contributed by atoms with E-state index in [1.54, 1.807) is 11.1 Å². The highest BCUT2D eigenvalue weighted by Crippen LogP contribution is 2.22. The quantitative estimate of drug-likeness (QED) is 0.551. The number of hydrogen-bond donors (Lipinski definition) is 0. The Kier molecular flexibility index (Phi) is 6.51. The van der Waals surface area contributed by atoms with Crippen LogP contribution in [-0.4, -0.2) is 51.5 Å². The van der Waals surface area contributed by atoms with Crippen LogP contribution in [0.4, 0.5) is 0 Å². The summed E-state index contributed by atoms with van der Waals surface area (Å²) in [6, 6.07) is 17.3. The lowest BCUT2D eigenvalue weighted by Crippen LogP contribution is -2.43. The minimum absolute atomic E-state index is 0.0279. The number of amides is 2. The van der Waals surface area contributed by atoms with Gasteiger partial charge in [-0.1, -0.05) is 34.1 Å². The maximum atomic E-state index is 13.0.